The van der Waals surface area contributed by atoms with Crippen molar-refractivity contribution in [1.82, 2.24) is 75.6 Å². The number of hydrogen-bond acceptors (Lipinski definition) is 17. The number of H-pyrrole nitrogens is 5. The Kier molecular flexibility index (Phi) is 24.0. The monoisotopic (exact) mass is 1880 g/mol. The maximum atomic E-state index is 5.49. The number of fused-ring (bicyclic) bond motifs is 5. The van der Waals surface area contributed by atoms with E-state index in [4.69, 9.17) is 57.0 Å². The van der Waals surface area contributed by atoms with Gasteiger partial charge in [-0.15, -0.1) is 0 Å². The first kappa shape index (κ1) is 91.5. The molecule has 5 saturated carbocycles. The van der Waals surface area contributed by atoms with Crippen LogP contribution in [0.5, 0.6) is 11.5 Å². The van der Waals surface area contributed by atoms with Crippen LogP contribution in [0.3, 0.4) is 0 Å². The molecule has 0 radical (unpaired) electrons. The van der Waals surface area contributed by atoms with Gasteiger partial charge in [0.15, 0.2) is 0 Å². The molecule has 0 amide bonds. The van der Waals surface area contributed by atoms with E-state index in [0.29, 0.717) is 29.6 Å². The molecule has 0 spiro atoms. The number of aryl methyl sites for hydroxylation is 15. The fourth-order valence-corrected chi connectivity index (χ4v) is 20.7. The van der Waals surface area contributed by atoms with Gasteiger partial charge in [0.1, 0.15) is 69.4 Å². The molecule has 142 heavy (non-hydrogen) atoms. The van der Waals surface area contributed by atoms with Crippen LogP contribution in [0.25, 0.3) is 166 Å². The first-order valence-corrected chi connectivity index (χ1v) is 49.7. The number of hydrogen-bond donors (Lipinski definition) is 5. The Labute approximate surface area is 824 Å². The zero-order chi connectivity index (χ0) is 97.9. The Hall–Kier alpha value is -15.6. The SMILES string of the molecule is COc1cc(OC)cc(-c2cc(-c3c(C)noc3C)cc3[nH]c(C4CC4)nc23)c1.Cc1cc(-c2cc(-c3c(C)noc3C)cc3[nH]c(C4CC4)nc23)cc(C)c1C.Cc1cccc(C)c1-c1cc(-c2c(C)noc2C)cc2[nH]c(C3CC3)nc12.Cc1ccccc1-c1cc(-c2c(C)noc2C)cc2[nH]c(C3CC3)nc12.Cc1noc(C)c1-c1cc(-c2ccccc2Cc2ccccc2)c2nc(C3CC3)[nH]c2c1. The largest absolute Gasteiger partial charge is 0.497 e. The van der Waals surface area contributed by atoms with E-state index in [0.717, 1.165) is 232 Å². The number of imidazole rings is 5. The molecular weight excluding hydrogens is 1760 g/mol. The minimum atomic E-state index is 0.539. The van der Waals surface area contributed by atoms with Gasteiger partial charge in [-0.3, -0.25) is 0 Å². The second-order valence-corrected chi connectivity index (χ2v) is 39.8. The minimum absolute atomic E-state index is 0.539. The summed E-state index contributed by atoms with van der Waals surface area (Å²) >= 11 is 0. The van der Waals surface area contributed by atoms with Crippen molar-refractivity contribution in [3.05, 3.63) is 319 Å². The molecule has 0 bridgehead atoms. The number of methoxy groups -OCH3 is 2. The molecule has 22 nitrogen and oxygen atoms in total. The Balaban J connectivity index is 0.000000102. The average Bonchev–Trinajstić information content (AvgIpc) is 1.84. The molecular formula is C120H117N15O7. The molecule has 10 heterocycles. The third-order valence-electron chi connectivity index (χ3n) is 29.1. The molecule has 10 aromatic heterocycles. The van der Waals surface area contributed by atoms with Crippen molar-refractivity contribution in [3.8, 4) is 123 Å². The number of rotatable bonds is 19. The standard InChI is InChI=1S/C28H25N3O.C24H25N3O.C23H23N3O3.C23H23N3O.C22H21N3O/c1-17-26(18(2)32-31-17)22-15-24(27-25(16-22)29-28(30-27)20-12-13-20)23-11-7-6-10-21(23)14-19-8-4-3-5-9-19;1-12-8-18(9-13(2)14(12)3)20-10-19(22-15(4)27-28-16(22)5)11-21-23(20)26-24(25-21)17-6-7-17;1-12-21(13(2)29-26-12)16-9-19(15-7-17(27-3)11-18(8-15)28-4)22-20(10-16)24-23(25-22)14-5-6-14;1-12-6-5-7-13(2)20(12)18-10-17(21-14(3)26-27-15(21)4)11-19-22(18)25-23(24-19)16-8-9-16;1-12-6-4-5-7-17(12)18-10-16(20-13(2)25-26-14(20)3)11-19-21(18)24-22(23-19)15-8-9-15/h3-11,15-16,20H,12-14H2,1-2H3,(H,29,30);8-11,17H,6-7H2,1-5H3,(H,25,26);7-11,14H,5-6H2,1-4H3,(H,24,25);5-7,10-11,16H,8-9H2,1-4H3,(H,24,25);4-7,10-11,15H,8-9H2,1-3H3,(H,23,24). The van der Waals surface area contributed by atoms with E-state index in [1.54, 1.807) is 14.2 Å². The van der Waals surface area contributed by atoms with Crippen LogP contribution in [0.2, 0.25) is 0 Å². The van der Waals surface area contributed by atoms with Gasteiger partial charge in [-0.25, -0.2) is 24.9 Å². The lowest BCUT2D eigenvalue weighted by atomic mass is 9.91. The summed E-state index contributed by atoms with van der Waals surface area (Å²) in [5, 5.41) is 20.8. The van der Waals surface area contributed by atoms with Gasteiger partial charge < -0.3 is 57.0 Å². The molecule has 714 valence electrons. The molecule has 0 atom stereocenters. The van der Waals surface area contributed by atoms with Crippen LogP contribution < -0.4 is 9.47 Å². The molecule has 26 rings (SSSR count). The summed E-state index contributed by atoms with van der Waals surface area (Å²) in [5.74, 6) is 14.1. The van der Waals surface area contributed by atoms with Crippen LogP contribution in [0.1, 0.15) is 225 Å². The molecule has 5 aliphatic rings. The van der Waals surface area contributed by atoms with Crippen molar-refractivity contribution in [1.29, 1.82) is 0 Å². The summed E-state index contributed by atoms with van der Waals surface area (Å²) in [4.78, 5) is 42.9. The Morgan fingerprint density at radius 1 is 0.254 bits per heavy atom. The normalized spacial score (nSPS) is 14.0. The fourth-order valence-electron chi connectivity index (χ4n) is 20.7. The van der Waals surface area contributed by atoms with E-state index in [-0.39, 0.29) is 0 Å². The van der Waals surface area contributed by atoms with Gasteiger partial charge in [-0.05, 0) is 354 Å². The van der Waals surface area contributed by atoms with Gasteiger partial charge in [0, 0.05) is 91.3 Å². The predicted octanol–water partition coefficient (Wildman–Crippen LogP) is 30.4. The average molecular weight is 1880 g/mol. The van der Waals surface area contributed by atoms with Gasteiger partial charge in [0.25, 0.3) is 0 Å². The summed E-state index contributed by atoms with van der Waals surface area (Å²) in [7, 11) is 3.32. The van der Waals surface area contributed by atoms with E-state index in [1.807, 2.05) is 87.4 Å². The van der Waals surface area contributed by atoms with E-state index in [2.05, 4.69) is 262 Å². The van der Waals surface area contributed by atoms with Gasteiger partial charge in [0.05, 0.1) is 97.9 Å². The predicted molar refractivity (Wildman–Crippen MR) is 563 cm³/mol. The third-order valence-corrected chi connectivity index (χ3v) is 29.1. The third kappa shape index (κ3) is 18.0. The highest BCUT2D eigenvalue weighted by atomic mass is 16.5. The number of nitrogens with zero attached hydrogens (tertiary/aromatic N) is 10. The molecule has 5 fully saturated rings. The van der Waals surface area contributed by atoms with Crippen LogP contribution in [0.15, 0.2) is 211 Å². The Bertz CT molecular complexity index is 8280. The second-order valence-electron chi connectivity index (χ2n) is 39.8. The van der Waals surface area contributed by atoms with Crippen molar-refractivity contribution in [3.63, 3.8) is 0 Å². The van der Waals surface area contributed by atoms with Gasteiger partial charge in [-0.2, -0.15) is 0 Å². The van der Waals surface area contributed by atoms with Crippen molar-refractivity contribution < 1.29 is 32.1 Å². The smallest absolute Gasteiger partial charge is 0.141 e. The molecule has 22 heteroatoms. The maximum absolute atomic E-state index is 5.49. The van der Waals surface area contributed by atoms with Crippen molar-refractivity contribution in [2.75, 3.05) is 14.2 Å². The highest BCUT2D eigenvalue weighted by molar-refractivity contribution is 6.03. The molecule has 0 saturated heterocycles. The summed E-state index contributed by atoms with van der Waals surface area (Å²) in [6.45, 7) is 32.8. The van der Waals surface area contributed by atoms with Gasteiger partial charge in [-0.1, -0.05) is 135 Å². The first-order chi connectivity index (χ1) is 68.8. The maximum Gasteiger partial charge on any atom is 0.141 e. The Morgan fingerprint density at radius 3 is 0.873 bits per heavy atom. The number of aromatic amines is 5. The van der Waals surface area contributed by atoms with E-state index >= 15 is 0 Å². The topological polar surface area (TPSA) is 292 Å². The molecule has 11 aromatic carbocycles. The molecule has 21 aromatic rings. The summed E-state index contributed by atoms with van der Waals surface area (Å²) in [5.41, 5.74) is 47.9. The lowest BCUT2D eigenvalue weighted by Crippen LogP contribution is -1.94. The zero-order valence-corrected chi connectivity index (χ0v) is 83.9. The van der Waals surface area contributed by atoms with Crippen LogP contribution in [0, 0.1) is 111 Å². The van der Waals surface area contributed by atoms with Crippen LogP contribution in [-0.2, 0) is 6.42 Å². The second kappa shape index (κ2) is 37.2. The quantitative estimate of drug-likeness (QED) is 0.0503. The van der Waals surface area contributed by atoms with Crippen molar-refractivity contribution >= 4 is 55.2 Å². The molecule has 5 aliphatic carbocycles. The molecule has 0 aliphatic heterocycles. The Morgan fingerprint density at radius 2 is 0.542 bits per heavy atom. The summed E-state index contributed by atoms with van der Waals surface area (Å²) in [6, 6.07) is 66.8. The van der Waals surface area contributed by atoms with Crippen LogP contribution in [0.4, 0.5) is 0 Å². The van der Waals surface area contributed by atoms with Crippen molar-refractivity contribution in [2.45, 2.75) is 211 Å². The van der Waals surface area contributed by atoms with Crippen LogP contribution in [-0.4, -0.2) is 89.8 Å². The fraction of sp³-hybridized carbons (Fsp3) is 0.283. The van der Waals surface area contributed by atoms with E-state index < -0.39 is 0 Å². The lowest BCUT2D eigenvalue weighted by molar-refractivity contribution is 0.393. The number of benzene rings is 11. The molecule has 5 N–H and O–H groups in total. The highest BCUT2D eigenvalue weighted by Crippen LogP contribution is 2.51. The summed E-state index contributed by atoms with van der Waals surface area (Å²) < 4.78 is 38.2. The van der Waals surface area contributed by atoms with Gasteiger partial charge in [0.2, 0.25) is 0 Å². The first-order valence-electron chi connectivity index (χ1n) is 49.7. The lowest BCUT2D eigenvalue weighted by Gasteiger charge is -2.12. The van der Waals surface area contributed by atoms with Gasteiger partial charge >= 0.3 is 0 Å². The minimum Gasteiger partial charge on any atom is -0.497 e. The number of ether oxygens (including phenoxy) is 2. The number of nitrogens with one attached hydrogen (secondary N) is 5. The molecule has 0 unspecified atom stereocenters. The van der Waals surface area contributed by atoms with E-state index in [1.165, 1.54) is 148 Å². The zero-order valence-electron chi connectivity index (χ0n) is 83.9. The highest BCUT2D eigenvalue weighted by Gasteiger charge is 2.35. The van der Waals surface area contributed by atoms with Crippen molar-refractivity contribution in [2.24, 2.45) is 0 Å². The van der Waals surface area contributed by atoms with Crippen LogP contribution >= 0.6 is 0 Å². The summed E-state index contributed by atoms with van der Waals surface area (Å²) in [6.07, 6.45) is 13.1. The number of aromatic nitrogens is 15. The van der Waals surface area contributed by atoms with E-state index in [9.17, 15) is 0 Å².